The van der Waals surface area contributed by atoms with Gasteiger partial charge in [0, 0.05) is 0 Å². The molecule has 1 rings (SSSR count). The van der Waals surface area contributed by atoms with E-state index in [-0.39, 0.29) is 0 Å². The Morgan fingerprint density at radius 3 is 1.35 bits per heavy atom. The minimum atomic E-state index is -6.21. The van der Waals surface area contributed by atoms with Gasteiger partial charge in [0.15, 0.2) is 9.21 Å². The third kappa shape index (κ3) is 2.26. The van der Waals surface area contributed by atoms with Crippen LogP contribution in [0.2, 0.25) is 0 Å². The molecule has 2 nitrogen and oxygen atoms in total. The summed E-state index contributed by atoms with van der Waals surface area (Å²) in [6.07, 6.45) is -12.4. The van der Waals surface area contributed by atoms with E-state index in [9.17, 15) is 39.5 Å². The maximum atomic E-state index is 12.8. The van der Waals surface area contributed by atoms with Crippen LogP contribution in [-0.4, -0.2) is 47.4 Å². The van der Waals surface area contributed by atoms with Gasteiger partial charge in [-0.25, -0.2) is 13.2 Å². The second-order valence-corrected chi connectivity index (χ2v) is 5.68. The lowest BCUT2D eigenvalue weighted by atomic mass is 10.0. The summed E-state index contributed by atoms with van der Waals surface area (Å²) in [6, 6.07) is 0. The highest BCUT2D eigenvalue weighted by molar-refractivity contribution is 14.1. The number of alkyl halides is 10. The molecular weight excluding hydrogens is 426 g/mol. The molecular formula is C8H6F9IO2. The van der Waals surface area contributed by atoms with Gasteiger partial charge in [-0.3, -0.25) is 0 Å². The number of ether oxygens (including phenoxy) is 2. The van der Waals surface area contributed by atoms with Crippen LogP contribution in [0, 0.1) is 0 Å². The zero-order valence-corrected chi connectivity index (χ0v) is 11.4. The van der Waals surface area contributed by atoms with Gasteiger partial charge in [0.1, 0.15) is 20.0 Å². The summed E-state index contributed by atoms with van der Waals surface area (Å²) >= 11 is 0.647. The number of hydrogen-bond donors (Lipinski definition) is 0. The fourth-order valence-electron chi connectivity index (χ4n) is 1.52. The Hall–Kier alpha value is 0.0200. The van der Waals surface area contributed by atoms with E-state index < -0.39 is 47.4 Å². The Morgan fingerprint density at radius 1 is 0.750 bits per heavy atom. The molecule has 0 aliphatic carbocycles. The minimum absolute atomic E-state index is 0.647. The molecule has 1 aliphatic rings. The molecule has 0 amide bonds. The van der Waals surface area contributed by atoms with Crippen LogP contribution in [0.4, 0.5) is 39.5 Å². The first kappa shape index (κ1) is 18.1. The van der Waals surface area contributed by atoms with Crippen molar-refractivity contribution in [3.05, 3.63) is 0 Å². The predicted octanol–water partition coefficient (Wildman–Crippen LogP) is 3.63. The van der Waals surface area contributed by atoms with Gasteiger partial charge in [-0.1, -0.05) is 0 Å². The van der Waals surface area contributed by atoms with Gasteiger partial charge in [0.25, 0.3) is 0 Å². The molecule has 1 heterocycles. The highest BCUT2D eigenvalue weighted by Crippen LogP contribution is 2.60. The fourth-order valence-corrected chi connectivity index (χ4v) is 2.23. The van der Waals surface area contributed by atoms with Gasteiger partial charge in [-0.05, 0) is 22.6 Å². The minimum Gasteiger partial charge on any atom is -0.319 e. The van der Waals surface area contributed by atoms with Crippen molar-refractivity contribution in [3.63, 3.8) is 0 Å². The van der Waals surface area contributed by atoms with Gasteiger partial charge in [0.2, 0.25) is 0 Å². The first-order valence-electron chi connectivity index (χ1n) is 4.75. The Bertz CT molecular complexity index is 350. The van der Waals surface area contributed by atoms with Crippen LogP contribution < -0.4 is 0 Å². The SMILES string of the molecule is FCC1(I)OC(C(F)(F)F)(C(F)(F)F)OC1(CF)CF. The predicted molar refractivity (Wildman–Crippen MR) is 54.4 cm³/mol. The lowest BCUT2D eigenvalue weighted by molar-refractivity contribution is -0.450. The summed E-state index contributed by atoms with van der Waals surface area (Å²) in [5.74, 6) is -5.29. The van der Waals surface area contributed by atoms with E-state index >= 15 is 0 Å². The van der Waals surface area contributed by atoms with Crippen LogP contribution in [0.5, 0.6) is 0 Å². The maximum Gasteiger partial charge on any atom is 0.453 e. The van der Waals surface area contributed by atoms with E-state index in [2.05, 4.69) is 9.47 Å². The van der Waals surface area contributed by atoms with E-state index in [1.165, 1.54) is 0 Å². The molecule has 12 heteroatoms. The first-order valence-corrected chi connectivity index (χ1v) is 5.83. The monoisotopic (exact) mass is 432 g/mol. The normalized spacial score (nSPS) is 29.7. The molecule has 1 saturated heterocycles. The standard InChI is InChI=1S/C8H6F9IO2/c9-1-4(2-10)5(18,3-11)20-6(19-4,7(12,13)14)8(15,16)17/h1-3H2. The number of halogens is 10. The second kappa shape index (κ2) is 5.04. The van der Waals surface area contributed by atoms with Crippen molar-refractivity contribution in [1.29, 1.82) is 0 Å². The average Bonchev–Trinajstić information content (AvgIpc) is 2.60. The van der Waals surface area contributed by atoms with Crippen molar-refractivity contribution in [1.82, 2.24) is 0 Å². The van der Waals surface area contributed by atoms with Crippen LogP contribution in [0.25, 0.3) is 0 Å². The molecule has 1 fully saturated rings. The van der Waals surface area contributed by atoms with E-state index in [4.69, 9.17) is 0 Å². The Labute approximate surface area is 119 Å². The van der Waals surface area contributed by atoms with E-state index in [1.54, 1.807) is 0 Å². The second-order valence-electron chi connectivity index (χ2n) is 3.94. The third-order valence-electron chi connectivity index (χ3n) is 2.67. The van der Waals surface area contributed by atoms with Gasteiger partial charge in [-0.15, -0.1) is 0 Å². The molecule has 120 valence electrons. The molecule has 1 aliphatic heterocycles. The zero-order chi connectivity index (χ0) is 16.0. The smallest absolute Gasteiger partial charge is 0.319 e. The van der Waals surface area contributed by atoms with Crippen molar-refractivity contribution in [3.8, 4) is 0 Å². The molecule has 0 saturated carbocycles. The van der Waals surface area contributed by atoms with Gasteiger partial charge in [0.05, 0.1) is 0 Å². The highest BCUT2D eigenvalue weighted by Gasteiger charge is 2.84. The van der Waals surface area contributed by atoms with Gasteiger partial charge < -0.3 is 9.47 Å². The molecule has 1 atom stereocenters. The third-order valence-corrected chi connectivity index (χ3v) is 4.17. The molecule has 0 spiro atoms. The Balaban J connectivity index is 3.48. The van der Waals surface area contributed by atoms with Crippen LogP contribution >= 0.6 is 22.6 Å². The molecule has 0 aromatic carbocycles. The van der Waals surface area contributed by atoms with Crippen LogP contribution in [-0.2, 0) is 9.47 Å². The molecule has 0 radical (unpaired) electrons. The van der Waals surface area contributed by atoms with Crippen molar-refractivity contribution >= 4 is 22.6 Å². The highest BCUT2D eigenvalue weighted by atomic mass is 127. The largest absolute Gasteiger partial charge is 0.453 e. The van der Waals surface area contributed by atoms with Gasteiger partial charge >= 0.3 is 18.1 Å². The average molecular weight is 432 g/mol. The first-order chi connectivity index (χ1) is 8.85. The summed E-state index contributed by atoms with van der Waals surface area (Å²) in [6.45, 7) is -6.29. The van der Waals surface area contributed by atoms with Crippen molar-refractivity contribution in [2.24, 2.45) is 0 Å². The summed E-state index contributed by atoms with van der Waals surface area (Å²) in [5, 5.41) is 0. The summed E-state index contributed by atoms with van der Waals surface area (Å²) in [5.41, 5.74) is -3.35. The molecule has 0 bridgehead atoms. The maximum absolute atomic E-state index is 12.8. The number of rotatable bonds is 3. The number of hydrogen-bond acceptors (Lipinski definition) is 2. The quantitative estimate of drug-likeness (QED) is 0.386. The molecule has 0 aromatic rings. The zero-order valence-electron chi connectivity index (χ0n) is 9.22. The van der Waals surface area contributed by atoms with Crippen LogP contribution in [0.1, 0.15) is 0 Å². The van der Waals surface area contributed by atoms with Crippen molar-refractivity contribution in [2.75, 3.05) is 20.0 Å². The van der Waals surface area contributed by atoms with Gasteiger partial charge in [-0.2, -0.15) is 26.3 Å². The van der Waals surface area contributed by atoms with Crippen LogP contribution in [0.3, 0.4) is 0 Å². The lowest BCUT2D eigenvalue weighted by Gasteiger charge is -2.32. The summed E-state index contributed by atoms with van der Waals surface area (Å²) < 4.78 is 119. The molecule has 1 unspecified atom stereocenters. The van der Waals surface area contributed by atoms with Crippen molar-refractivity contribution in [2.45, 2.75) is 27.3 Å². The van der Waals surface area contributed by atoms with Crippen LogP contribution in [0.15, 0.2) is 0 Å². The Morgan fingerprint density at radius 2 is 1.15 bits per heavy atom. The van der Waals surface area contributed by atoms with E-state index in [0.717, 1.165) is 0 Å². The summed E-state index contributed by atoms with van der Waals surface area (Å²) in [7, 11) is 0. The Kier molecular flexibility index (Phi) is 4.55. The van der Waals surface area contributed by atoms with E-state index in [0.29, 0.717) is 22.6 Å². The molecule has 20 heavy (non-hydrogen) atoms. The van der Waals surface area contributed by atoms with Crippen molar-refractivity contribution < 1.29 is 49.0 Å². The topological polar surface area (TPSA) is 18.5 Å². The fraction of sp³-hybridized carbons (Fsp3) is 1.00. The lowest BCUT2D eigenvalue weighted by Crippen LogP contribution is -2.59. The summed E-state index contributed by atoms with van der Waals surface area (Å²) in [4.78, 5) is 0. The molecule has 0 aromatic heterocycles. The molecule has 0 N–H and O–H groups in total. The van der Waals surface area contributed by atoms with E-state index in [1.807, 2.05) is 0 Å².